The molecule has 9 nitrogen and oxygen atoms in total. The molecule has 0 saturated heterocycles. The Hall–Kier alpha value is -4.53. The maximum absolute atomic E-state index is 13.6. The number of anilines is 3. The summed E-state index contributed by atoms with van der Waals surface area (Å²) in [4.78, 5) is 41.5. The number of ether oxygens (including phenoxy) is 3. The number of carbonyl (C=O) groups excluding carboxylic acids is 3. The molecular weight excluding hydrogens is 438 g/mol. The van der Waals surface area contributed by atoms with Gasteiger partial charge in [0.1, 0.15) is 19.0 Å². The Balaban J connectivity index is 1.53. The Morgan fingerprint density at radius 1 is 1.00 bits per heavy atom. The Morgan fingerprint density at radius 2 is 1.74 bits per heavy atom. The van der Waals surface area contributed by atoms with E-state index in [4.69, 9.17) is 14.2 Å². The van der Waals surface area contributed by atoms with Gasteiger partial charge in [-0.3, -0.25) is 19.3 Å². The van der Waals surface area contributed by atoms with Crippen molar-refractivity contribution in [2.75, 3.05) is 35.9 Å². The van der Waals surface area contributed by atoms with Gasteiger partial charge in [-0.25, -0.2) is 0 Å². The number of rotatable bonds is 4. The van der Waals surface area contributed by atoms with Gasteiger partial charge in [0.25, 0.3) is 17.7 Å². The van der Waals surface area contributed by atoms with Crippen molar-refractivity contribution in [1.82, 2.24) is 0 Å². The van der Waals surface area contributed by atoms with Crippen LogP contribution in [0, 0.1) is 0 Å². The molecule has 3 aromatic rings. The van der Waals surface area contributed by atoms with Crippen LogP contribution in [0.2, 0.25) is 0 Å². The van der Waals surface area contributed by atoms with Crippen molar-refractivity contribution >= 4 is 34.8 Å². The molecule has 2 N–H and O–H groups in total. The van der Waals surface area contributed by atoms with E-state index < -0.39 is 23.8 Å². The Kier molecular flexibility index (Phi) is 5.51. The average molecular weight is 459 g/mol. The SMILES string of the molecule is COc1ccc(N2C(=O)c3ccccc3NC(=O)C2C(=O)Nc2ccc3c(c2)OCCO3)cc1. The average Bonchev–Trinajstić information content (AvgIpc) is 2.97. The molecule has 0 spiro atoms. The minimum atomic E-state index is -1.47. The number of amides is 3. The summed E-state index contributed by atoms with van der Waals surface area (Å²) in [5, 5.41) is 5.45. The van der Waals surface area contributed by atoms with E-state index in [1.807, 2.05) is 0 Å². The van der Waals surface area contributed by atoms with E-state index in [1.165, 1.54) is 12.0 Å². The third-order valence-electron chi connectivity index (χ3n) is 5.55. The number of hydrogen-bond acceptors (Lipinski definition) is 6. The van der Waals surface area contributed by atoms with Crippen molar-refractivity contribution in [3.63, 3.8) is 0 Å². The minimum absolute atomic E-state index is 0.279. The molecule has 0 fully saturated rings. The molecule has 2 aliphatic heterocycles. The number of carbonyl (C=O) groups is 3. The van der Waals surface area contributed by atoms with Gasteiger partial charge < -0.3 is 24.8 Å². The van der Waals surface area contributed by atoms with Gasteiger partial charge in [0.15, 0.2) is 17.5 Å². The van der Waals surface area contributed by atoms with E-state index in [0.717, 1.165) is 0 Å². The largest absolute Gasteiger partial charge is 0.497 e. The van der Waals surface area contributed by atoms with Crippen LogP contribution in [-0.2, 0) is 9.59 Å². The zero-order valence-corrected chi connectivity index (χ0v) is 18.2. The smallest absolute Gasteiger partial charge is 0.261 e. The fraction of sp³-hybridized carbons (Fsp3) is 0.160. The number of fused-ring (bicyclic) bond motifs is 2. The van der Waals surface area contributed by atoms with Crippen LogP contribution in [0.25, 0.3) is 0 Å². The number of nitrogens with zero attached hydrogens (tertiary/aromatic N) is 1. The summed E-state index contributed by atoms with van der Waals surface area (Å²) >= 11 is 0. The first-order chi connectivity index (χ1) is 16.5. The fourth-order valence-corrected chi connectivity index (χ4v) is 3.92. The lowest BCUT2D eigenvalue weighted by Crippen LogP contribution is -2.52. The van der Waals surface area contributed by atoms with Gasteiger partial charge in [0.2, 0.25) is 0 Å². The number of benzene rings is 3. The summed E-state index contributed by atoms with van der Waals surface area (Å²) in [7, 11) is 1.53. The third kappa shape index (κ3) is 3.88. The van der Waals surface area contributed by atoms with Crippen molar-refractivity contribution in [1.29, 1.82) is 0 Å². The monoisotopic (exact) mass is 459 g/mol. The first-order valence-electron chi connectivity index (χ1n) is 10.6. The van der Waals surface area contributed by atoms with Crippen molar-refractivity contribution in [3.05, 3.63) is 72.3 Å². The Morgan fingerprint density at radius 3 is 2.50 bits per heavy atom. The molecular formula is C25H21N3O6. The summed E-state index contributed by atoms with van der Waals surface area (Å²) in [6.07, 6.45) is 0. The molecule has 0 saturated carbocycles. The molecule has 3 amide bonds. The second kappa shape index (κ2) is 8.78. The summed E-state index contributed by atoms with van der Waals surface area (Å²) < 4.78 is 16.3. The van der Waals surface area contributed by atoms with Crippen molar-refractivity contribution < 1.29 is 28.6 Å². The molecule has 5 rings (SSSR count). The first-order valence-corrected chi connectivity index (χ1v) is 10.6. The van der Waals surface area contributed by atoms with Crippen LogP contribution in [0.1, 0.15) is 10.4 Å². The van der Waals surface area contributed by atoms with E-state index in [2.05, 4.69) is 10.6 Å². The maximum atomic E-state index is 13.6. The van der Waals surface area contributed by atoms with Crippen LogP contribution in [0.3, 0.4) is 0 Å². The highest BCUT2D eigenvalue weighted by Gasteiger charge is 2.41. The molecule has 2 aliphatic rings. The lowest BCUT2D eigenvalue weighted by Gasteiger charge is -2.28. The molecule has 172 valence electrons. The second-order valence-corrected chi connectivity index (χ2v) is 7.66. The second-order valence-electron chi connectivity index (χ2n) is 7.66. The molecule has 34 heavy (non-hydrogen) atoms. The first kappa shape index (κ1) is 21.3. The lowest BCUT2D eigenvalue weighted by atomic mass is 10.1. The van der Waals surface area contributed by atoms with Crippen LogP contribution >= 0.6 is 0 Å². The highest BCUT2D eigenvalue weighted by molar-refractivity contribution is 6.26. The Bertz CT molecular complexity index is 1270. The predicted molar refractivity (Wildman–Crippen MR) is 125 cm³/mol. The van der Waals surface area contributed by atoms with Crippen molar-refractivity contribution in [2.24, 2.45) is 0 Å². The van der Waals surface area contributed by atoms with E-state index in [0.29, 0.717) is 47.5 Å². The zero-order chi connectivity index (χ0) is 23.7. The highest BCUT2D eigenvalue weighted by atomic mass is 16.6. The van der Waals surface area contributed by atoms with Gasteiger partial charge in [-0.1, -0.05) is 12.1 Å². The molecule has 9 heteroatoms. The van der Waals surface area contributed by atoms with E-state index in [1.54, 1.807) is 66.7 Å². The molecule has 2 heterocycles. The number of para-hydroxylation sites is 1. The van der Waals surface area contributed by atoms with Gasteiger partial charge in [0, 0.05) is 17.4 Å². The molecule has 0 radical (unpaired) electrons. The molecule has 1 unspecified atom stereocenters. The van der Waals surface area contributed by atoms with Crippen LogP contribution in [0.15, 0.2) is 66.7 Å². The summed E-state index contributed by atoms with van der Waals surface area (Å²) in [5.41, 5.74) is 1.40. The predicted octanol–water partition coefficient (Wildman–Crippen LogP) is 3.07. The number of nitrogens with one attached hydrogen (secondary N) is 2. The summed E-state index contributed by atoms with van der Waals surface area (Å²) in [6, 6.07) is 16.7. The molecule has 0 aliphatic carbocycles. The summed E-state index contributed by atoms with van der Waals surface area (Å²) in [6.45, 7) is 0.841. The van der Waals surface area contributed by atoms with Gasteiger partial charge >= 0.3 is 0 Å². The van der Waals surface area contributed by atoms with Crippen LogP contribution < -0.4 is 29.7 Å². The fourth-order valence-electron chi connectivity index (χ4n) is 3.92. The van der Waals surface area contributed by atoms with E-state index in [-0.39, 0.29) is 5.56 Å². The van der Waals surface area contributed by atoms with Gasteiger partial charge in [-0.15, -0.1) is 0 Å². The standard InChI is InChI=1S/C25H21N3O6/c1-32-17-9-7-16(8-10-17)28-22(24(30)27-19-5-3-2-4-18(19)25(28)31)23(29)26-15-6-11-20-21(14-15)34-13-12-33-20/h2-11,14,22H,12-13H2,1H3,(H,26,29)(H,27,30). The quantitative estimate of drug-likeness (QED) is 0.581. The summed E-state index contributed by atoms with van der Waals surface area (Å²) in [5.74, 6) is -0.156. The van der Waals surface area contributed by atoms with Crippen molar-refractivity contribution in [2.45, 2.75) is 6.04 Å². The maximum Gasteiger partial charge on any atom is 0.261 e. The molecule has 0 bridgehead atoms. The van der Waals surface area contributed by atoms with E-state index in [9.17, 15) is 14.4 Å². The van der Waals surface area contributed by atoms with Crippen LogP contribution in [0.4, 0.5) is 17.1 Å². The highest BCUT2D eigenvalue weighted by Crippen LogP contribution is 2.33. The topological polar surface area (TPSA) is 106 Å². The van der Waals surface area contributed by atoms with Crippen molar-refractivity contribution in [3.8, 4) is 17.2 Å². The normalized spacial score (nSPS) is 16.7. The number of hydrogen-bond donors (Lipinski definition) is 2. The number of methoxy groups -OCH3 is 1. The van der Waals surface area contributed by atoms with Gasteiger partial charge in [-0.2, -0.15) is 0 Å². The molecule has 0 aromatic heterocycles. The van der Waals surface area contributed by atoms with E-state index >= 15 is 0 Å². The van der Waals surface area contributed by atoms with Gasteiger partial charge in [-0.05, 0) is 48.5 Å². The molecule has 1 atom stereocenters. The lowest BCUT2D eigenvalue weighted by molar-refractivity contribution is -0.125. The Labute approximate surface area is 195 Å². The minimum Gasteiger partial charge on any atom is -0.497 e. The van der Waals surface area contributed by atoms with Crippen LogP contribution in [-0.4, -0.2) is 44.1 Å². The third-order valence-corrected chi connectivity index (χ3v) is 5.55. The van der Waals surface area contributed by atoms with Gasteiger partial charge in [0.05, 0.1) is 18.4 Å². The van der Waals surface area contributed by atoms with Crippen LogP contribution in [0.5, 0.6) is 17.2 Å². The zero-order valence-electron chi connectivity index (χ0n) is 18.2. The molecule has 3 aromatic carbocycles.